The number of nitrogens with zero attached hydrogens (tertiary/aromatic N) is 2. The number of hydrogen-bond acceptors (Lipinski definition) is 5. The smallest absolute Gasteiger partial charge is 0.322 e. The van der Waals surface area contributed by atoms with E-state index in [1.54, 1.807) is 35.8 Å². The van der Waals surface area contributed by atoms with Gasteiger partial charge in [-0.15, -0.1) is 11.3 Å². The van der Waals surface area contributed by atoms with Gasteiger partial charge in [-0.05, 0) is 24.0 Å². The first-order valence-corrected chi connectivity index (χ1v) is 10.4. The van der Waals surface area contributed by atoms with E-state index in [4.69, 9.17) is 0 Å². The molecule has 0 saturated carbocycles. The number of nitrogens with one attached hydrogen (secondary N) is 2. The summed E-state index contributed by atoms with van der Waals surface area (Å²) >= 11 is 1.28. The Morgan fingerprint density at radius 1 is 1.10 bits per heavy atom. The van der Waals surface area contributed by atoms with Gasteiger partial charge in [0.15, 0.2) is 5.13 Å². The lowest BCUT2D eigenvalue weighted by molar-refractivity contribution is -0.134. The molecule has 3 aromatic rings. The number of imide groups is 1. The van der Waals surface area contributed by atoms with Crippen LogP contribution in [0.5, 0.6) is 0 Å². The Kier molecular flexibility index (Phi) is 5.85. The number of carbonyl (C=O) groups is 3. The largest absolute Gasteiger partial charge is 0.325 e. The fourth-order valence-electron chi connectivity index (χ4n) is 3.46. The minimum Gasteiger partial charge on any atom is -0.322 e. The molecule has 0 unspecified atom stereocenters. The molecule has 30 heavy (non-hydrogen) atoms. The molecule has 2 atom stereocenters. The predicted molar refractivity (Wildman–Crippen MR) is 114 cm³/mol. The lowest BCUT2D eigenvalue weighted by Crippen LogP contribution is -2.48. The molecular formula is C22H20N4O3S. The average molecular weight is 420 g/mol. The lowest BCUT2D eigenvalue weighted by Gasteiger charge is -2.24. The predicted octanol–water partition coefficient (Wildman–Crippen LogP) is 3.38. The van der Waals surface area contributed by atoms with Crippen LogP contribution in [0.25, 0.3) is 0 Å². The fraction of sp³-hybridized carbons (Fsp3) is 0.182. The lowest BCUT2D eigenvalue weighted by atomic mass is 10.0. The minimum absolute atomic E-state index is 0.307. The first-order chi connectivity index (χ1) is 14.6. The number of benzene rings is 2. The summed E-state index contributed by atoms with van der Waals surface area (Å²) in [5.41, 5.74) is 1.71. The maximum absolute atomic E-state index is 13.1. The second-order valence-corrected chi connectivity index (χ2v) is 7.76. The number of thiazole rings is 1. The molecular weight excluding hydrogens is 400 g/mol. The molecule has 8 heteroatoms. The quantitative estimate of drug-likeness (QED) is 0.573. The fourth-order valence-corrected chi connectivity index (χ4v) is 3.99. The summed E-state index contributed by atoms with van der Waals surface area (Å²) in [5.74, 6) is -0.864. The summed E-state index contributed by atoms with van der Waals surface area (Å²) in [6.07, 6.45) is 2.43. The summed E-state index contributed by atoms with van der Waals surface area (Å²) in [4.78, 5) is 44.0. The molecule has 4 amide bonds. The second-order valence-electron chi connectivity index (χ2n) is 6.87. The monoisotopic (exact) mass is 420 g/mol. The third-order valence-corrected chi connectivity index (χ3v) is 5.62. The molecule has 0 bridgehead atoms. The summed E-state index contributed by atoms with van der Waals surface area (Å²) in [6.45, 7) is 0. The first kappa shape index (κ1) is 19.8. The molecule has 152 valence electrons. The van der Waals surface area contributed by atoms with Gasteiger partial charge in [0.05, 0.1) is 0 Å². The standard InChI is InChI=1S/C22H20N4O3S/c27-19(25-21-23-13-14-30-21)17(12-11-15-7-3-1-4-8-15)26-20(28)18(24-22(26)29)16-9-5-2-6-10-16/h1-10,13-14,17-18H,11-12H2,(H,24,29)(H,23,25,27)/t17-,18-/m0/s1. The van der Waals surface area contributed by atoms with Crippen LogP contribution < -0.4 is 10.6 Å². The van der Waals surface area contributed by atoms with Crippen molar-refractivity contribution in [1.82, 2.24) is 15.2 Å². The highest BCUT2D eigenvalue weighted by Crippen LogP contribution is 2.26. The summed E-state index contributed by atoms with van der Waals surface area (Å²) in [6, 6.07) is 16.3. The third kappa shape index (κ3) is 4.23. The molecule has 1 aliphatic heterocycles. The SMILES string of the molecule is O=C(Nc1nccs1)[C@H](CCc1ccccc1)N1C(=O)N[C@@H](c2ccccc2)C1=O. The zero-order chi connectivity index (χ0) is 20.9. The van der Waals surface area contributed by atoms with Crippen molar-refractivity contribution in [2.75, 3.05) is 5.32 Å². The Morgan fingerprint density at radius 2 is 1.80 bits per heavy atom. The van der Waals surface area contributed by atoms with Gasteiger partial charge in [-0.25, -0.2) is 14.7 Å². The Morgan fingerprint density at radius 3 is 2.47 bits per heavy atom. The number of hydrogen-bond donors (Lipinski definition) is 2. The average Bonchev–Trinajstić information content (AvgIpc) is 3.38. The van der Waals surface area contributed by atoms with Gasteiger partial charge in [-0.2, -0.15) is 0 Å². The van der Waals surface area contributed by atoms with Gasteiger partial charge in [-0.3, -0.25) is 9.59 Å². The van der Waals surface area contributed by atoms with Crippen molar-refractivity contribution in [2.24, 2.45) is 0 Å². The van der Waals surface area contributed by atoms with E-state index < -0.39 is 29.9 Å². The summed E-state index contributed by atoms with van der Waals surface area (Å²) in [5, 5.41) is 7.60. The van der Waals surface area contributed by atoms with Crippen molar-refractivity contribution < 1.29 is 14.4 Å². The van der Waals surface area contributed by atoms with Crippen LogP contribution in [0.15, 0.2) is 72.2 Å². The van der Waals surface area contributed by atoms with E-state index in [1.165, 1.54) is 11.3 Å². The Balaban J connectivity index is 1.58. The number of aromatic nitrogens is 1. The van der Waals surface area contributed by atoms with Crippen molar-refractivity contribution in [3.63, 3.8) is 0 Å². The van der Waals surface area contributed by atoms with Gasteiger partial charge in [0, 0.05) is 11.6 Å². The van der Waals surface area contributed by atoms with Crippen molar-refractivity contribution in [3.05, 3.63) is 83.4 Å². The van der Waals surface area contributed by atoms with Gasteiger partial charge in [-0.1, -0.05) is 60.7 Å². The maximum Gasteiger partial charge on any atom is 0.325 e. The van der Waals surface area contributed by atoms with Crippen molar-refractivity contribution >= 4 is 34.3 Å². The molecule has 0 aliphatic carbocycles. The number of carbonyl (C=O) groups excluding carboxylic acids is 3. The van der Waals surface area contributed by atoms with Crippen LogP contribution in [0.1, 0.15) is 23.6 Å². The van der Waals surface area contributed by atoms with Crippen LogP contribution in [-0.4, -0.2) is 33.8 Å². The van der Waals surface area contributed by atoms with Crippen LogP contribution in [-0.2, 0) is 16.0 Å². The molecule has 1 aliphatic rings. The Bertz CT molecular complexity index is 1030. The van der Waals surface area contributed by atoms with E-state index in [9.17, 15) is 14.4 Å². The molecule has 4 rings (SSSR count). The number of amides is 4. The summed E-state index contributed by atoms with van der Waals surface area (Å²) in [7, 11) is 0. The molecule has 7 nitrogen and oxygen atoms in total. The molecule has 0 spiro atoms. The third-order valence-electron chi connectivity index (χ3n) is 4.93. The molecule has 2 aromatic carbocycles. The van der Waals surface area contributed by atoms with Crippen molar-refractivity contribution in [1.29, 1.82) is 0 Å². The molecule has 2 N–H and O–H groups in total. The normalized spacial score (nSPS) is 16.9. The van der Waals surface area contributed by atoms with Gasteiger partial charge in [0.25, 0.3) is 5.91 Å². The zero-order valence-electron chi connectivity index (χ0n) is 16.0. The van der Waals surface area contributed by atoms with Crippen LogP contribution >= 0.6 is 11.3 Å². The zero-order valence-corrected chi connectivity index (χ0v) is 16.8. The highest BCUT2D eigenvalue weighted by Gasteiger charge is 2.45. The van der Waals surface area contributed by atoms with E-state index in [-0.39, 0.29) is 0 Å². The molecule has 1 fully saturated rings. The molecule has 0 radical (unpaired) electrons. The second kappa shape index (κ2) is 8.87. The highest BCUT2D eigenvalue weighted by molar-refractivity contribution is 7.13. The summed E-state index contributed by atoms with van der Waals surface area (Å²) < 4.78 is 0. The number of urea groups is 1. The van der Waals surface area contributed by atoms with E-state index in [2.05, 4.69) is 15.6 Å². The van der Waals surface area contributed by atoms with Crippen LogP contribution in [0.4, 0.5) is 9.93 Å². The molecule has 1 saturated heterocycles. The van der Waals surface area contributed by atoms with Crippen LogP contribution in [0, 0.1) is 0 Å². The van der Waals surface area contributed by atoms with Gasteiger partial charge in [0.2, 0.25) is 5.91 Å². The Labute approximate surface area is 177 Å². The topological polar surface area (TPSA) is 91.4 Å². The number of aryl methyl sites for hydroxylation is 1. The van der Waals surface area contributed by atoms with Crippen molar-refractivity contribution in [3.8, 4) is 0 Å². The van der Waals surface area contributed by atoms with Crippen LogP contribution in [0.3, 0.4) is 0 Å². The molecule has 1 aromatic heterocycles. The highest BCUT2D eigenvalue weighted by atomic mass is 32.1. The van der Waals surface area contributed by atoms with E-state index in [1.807, 2.05) is 36.4 Å². The van der Waals surface area contributed by atoms with E-state index in [0.717, 1.165) is 10.5 Å². The van der Waals surface area contributed by atoms with E-state index >= 15 is 0 Å². The van der Waals surface area contributed by atoms with Gasteiger partial charge >= 0.3 is 6.03 Å². The van der Waals surface area contributed by atoms with E-state index in [0.29, 0.717) is 23.5 Å². The van der Waals surface area contributed by atoms with Crippen molar-refractivity contribution in [2.45, 2.75) is 24.9 Å². The molecule has 2 heterocycles. The van der Waals surface area contributed by atoms with Gasteiger partial charge in [0.1, 0.15) is 12.1 Å². The number of rotatable bonds is 7. The Hall–Kier alpha value is -3.52. The van der Waals surface area contributed by atoms with Gasteiger partial charge < -0.3 is 10.6 Å². The minimum atomic E-state index is -0.949. The first-order valence-electron chi connectivity index (χ1n) is 9.56. The maximum atomic E-state index is 13.1. The van der Waals surface area contributed by atoms with Crippen LogP contribution in [0.2, 0.25) is 0 Å². The number of anilines is 1.